The Morgan fingerprint density at radius 2 is 2.12 bits per heavy atom. The van der Waals surface area contributed by atoms with Crippen molar-refractivity contribution in [2.75, 3.05) is 6.54 Å². The minimum atomic E-state index is 0.493. The fourth-order valence-electron chi connectivity index (χ4n) is 1.47. The second-order valence-electron chi connectivity index (χ2n) is 3.70. The number of nitrogens with two attached hydrogens (primary N) is 1. The molecule has 0 aliphatic rings. The van der Waals surface area contributed by atoms with E-state index in [0.717, 1.165) is 32.2 Å². The average Bonchev–Trinajstić information content (AvgIpc) is 2.85. The lowest BCUT2D eigenvalue weighted by Gasteiger charge is -1.94. The van der Waals surface area contributed by atoms with Crippen LogP contribution in [0.1, 0.15) is 25.2 Å². The van der Waals surface area contributed by atoms with Gasteiger partial charge in [0.25, 0.3) is 0 Å². The summed E-state index contributed by atoms with van der Waals surface area (Å²) in [6, 6.07) is 0. The number of unbranched alkanes of at least 4 members (excludes halogenated alkanes) is 2. The summed E-state index contributed by atoms with van der Waals surface area (Å²) < 4.78 is 5.14. The Balaban J connectivity index is 1.92. The number of aryl methyl sites for hydroxylation is 1. The molecule has 0 aromatic carbocycles. The Morgan fingerprint density at radius 3 is 2.88 bits per heavy atom. The molecule has 2 heterocycles. The van der Waals surface area contributed by atoms with Crippen LogP contribution in [0.4, 0.5) is 0 Å². The second-order valence-corrected chi connectivity index (χ2v) is 3.70. The highest BCUT2D eigenvalue weighted by Crippen LogP contribution is 2.12. The van der Waals surface area contributed by atoms with Crippen molar-refractivity contribution in [2.45, 2.75) is 25.7 Å². The van der Waals surface area contributed by atoms with E-state index in [-0.39, 0.29) is 0 Å². The molecule has 6 nitrogen and oxygen atoms in total. The molecule has 2 aromatic heterocycles. The third-order valence-electron chi connectivity index (χ3n) is 2.36. The van der Waals surface area contributed by atoms with Crippen molar-refractivity contribution in [3.63, 3.8) is 0 Å². The van der Waals surface area contributed by atoms with Crippen LogP contribution in [-0.4, -0.2) is 26.7 Å². The van der Waals surface area contributed by atoms with E-state index in [4.69, 9.17) is 10.3 Å². The lowest BCUT2D eigenvalue weighted by molar-refractivity contribution is 0.374. The zero-order valence-corrected chi connectivity index (χ0v) is 9.54. The standard InChI is InChI=1S/C11H15N5O/c12-5-3-1-2-4-10-15-11(16-17-10)9-8-13-6-7-14-9/h6-8H,1-5,12H2. The maximum absolute atomic E-state index is 5.42. The van der Waals surface area contributed by atoms with Crippen LogP contribution in [0.3, 0.4) is 0 Å². The largest absolute Gasteiger partial charge is 0.339 e. The van der Waals surface area contributed by atoms with Gasteiger partial charge in [-0.2, -0.15) is 4.98 Å². The summed E-state index contributed by atoms with van der Waals surface area (Å²) in [6.45, 7) is 0.731. The predicted molar refractivity (Wildman–Crippen MR) is 61.9 cm³/mol. The molecule has 0 amide bonds. The van der Waals surface area contributed by atoms with Gasteiger partial charge >= 0.3 is 0 Å². The molecule has 2 N–H and O–H groups in total. The zero-order valence-electron chi connectivity index (χ0n) is 9.54. The van der Waals surface area contributed by atoms with Gasteiger partial charge in [0.1, 0.15) is 5.69 Å². The highest BCUT2D eigenvalue weighted by molar-refractivity contribution is 5.45. The van der Waals surface area contributed by atoms with E-state index in [9.17, 15) is 0 Å². The lowest BCUT2D eigenvalue weighted by atomic mass is 10.2. The Bertz CT molecular complexity index is 442. The highest BCUT2D eigenvalue weighted by atomic mass is 16.5. The number of rotatable bonds is 6. The van der Waals surface area contributed by atoms with Gasteiger partial charge in [-0.25, -0.2) is 4.98 Å². The van der Waals surface area contributed by atoms with Crippen LogP contribution in [0, 0.1) is 0 Å². The average molecular weight is 233 g/mol. The molecule has 0 aliphatic carbocycles. The summed E-state index contributed by atoms with van der Waals surface area (Å²) in [5.74, 6) is 1.13. The molecule has 0 saturated heterocycles. The molecule has 6 heteroatoms. The Hall–Kier alpha value is -1.82. The van der Waals surface area contributed by atoms with E-state index < -0.39 is 0 Å². The van der Waals surface area contributed by atoms with Gasteiger partial charge in [0, 0.05) is 18.8 Å². The van der Waals surface area contributed by atoms with Gasteiger partial charge in [-0.1, -0.05) is 11.6 Å². The van der Waals surface area contributed by atoms with Crippen molar-refractivity contribution in [3.8, 4) is 11.5 Å². The summed E-state index contributed by atoms with van der Waals surface area (Å²) in [5, 5.41) is 3.87. The van der Waals surface area contributed by atoms with Crippen LogP contribution in [0.5, 0.6) is 0 Å². The summed E-state index contributed by atoms with van der Waals surface area (Å²) in [4.78, 5) is 12.3. The van der Waals surface area contributed by atoms with E-state index in [1.807, 2.05) is 0 Å². The number of hydrogen-bond donors (Lipinski definition) is 1. The van der Waals surface area contributed by atoms with Crippen LogP contribution in [-0.2, 0) is 6.42 Å². The van der Waals surface area contributed by atoms with Gasteiger partial charge in [0.15, 0.2) is 0 Å². The third-order valence-corrected chi connectivity index (χ3v) is 2.36. The van der Waals surface area contributed by atoms with Crippen molar-refractivity contribution in [1.82, 2.24) is 20.1 Å². The van der Waals surface area contributed by atoms with Crippen molar-refractivity contribution >= 4 is 0 Å². The molecule has 0 fully saturated rings. The first kappa shape index (κ1) is 11.7. The minimum absolute atomic E-state index is 0.493. The highest BCUT2D eigenvalue weighted by Gasteiger charge is 2.08. The monoisotopic (exact) mass is 233 g/mol. The van der Waals surface area contributed by atoms with Crippen molar-refractivity contribution in [2.24, 2.45) is 5.73 Å². The van der Waals surface area contributed by atoms with Crippen LogP contribution in [0.2, 0.25) is 0 Å². The summed E-state index contributed by atoms with van der Waals surface area (Å²) in [6.07, 6.45) is 8.74. The molecule has 0 spiro atoms. The second kappa shape index (κ2) is 6.05. The normalized spacial score (nSPS) is 10.6. The fraction of sp³-hybridized carbons (Fsp3) is 0.455. The number of hydrogen-bond acceptors (Lipinski definition) is 6. The van der Waals surface area contributed by atoms with Crippen molar-refractivity contribution < 1.29 is 4.52 Å². The van der Waals surface area contributed by atoms with E-state index in [2.05, 4.69) is 20.1 Å². The maximum Gasteiger partial charge on any atom is 0.227 e. The Morgan fingerprint density at radius 1 is 1.18 bits per heavy atom. The molecule has 0 radical (unpaired) electrons. The first-order valence-electron chi connectivity index (χ1n) is 5.69. The van der Waals surface area contributed by atoms with Gasteiger partial charge in [-0.05, 0) is 19.4 Å². The lowest BCUT2D eigenvalue weighted by Crippen LogP contribution is -1.98. The topological polar surface area (TPSA) is 90.7 Å². The fourth-order valence-corrected chi connectivity index (χ4v) is 1.47. The van der Waals surface area contributed by atoms with Crippen LogP contribution in [0.25, 0.3) is 11.5 Å². The number of aromatic nitrogens is 4. The third kappa shape index (κ3) is 3.32. The summed E-state index contributed by atoms with van der Waals surface area (Å²) in [5.41, 5.74) is 6.05. The van der Waals surface area contributed by atoms with E-state index in [1.54, 1.807) is 18.6 Å². The molecule has 2 rings (SSSR count). The molecular weight excluding hydrogens is 218 g/mol. The molecule has 90 valence electrons. The van der Waals surface area contributed by atoms with Crippen LogP contribution < -0.4 is 5.73 Å². The van der Waals surface area contributed by atoms with Crippen LogP contribution >= 0.6 is 0 Å². The molecule has 2 aromatic rings. The molecule has 0 unspecified atom stereocenters. The van der Waals surface area contributed by atoms with E-state index in [1.165, 1.54) is 0 Å². The maximum atomic E-state index is 5.42. The van der Waals surface area contributed by atoms with Gasteiger partial charge in [-0.3, -0.25) is 4.98 Å². The van der Waals surface area contributed by atoms with Crippen molar-refractivity contribution in [3.05, 3.63) is 24.5 Å². The van der Waals surface area contributed by atoms with Crippen LogP contribution in [0.15, 0.2) is 23.1 Å². The minimum Gasteiger partial charge on any atom is -0.339 e. The van der Waals surface area contributed by atoms with Gasteiger partial charge in [0.05, 0.1) is 6.20 Å². The van der Waals surface area contributed by atoms with E-state index >= 15 is 0 Å². The van der Waals surface area contributed by atoms with Gasteiger partial charge in [0.2, 0.25) is 11.7 Å². The molecule has 17 heavy (non-hydrogen) atoms. The first-order valence-corrected chi connectivity index (χ1v) is 5.69. The SMILES string of the molecule is NCCCCCc1nc(-c2cnccn2)no1. The molecule has 0 saturated carbocycles. The van der Waals surface area contributed by atoms with Gasteiger partial charge in [-0.15, -0.1) is 0 Å². The molecule has 0 atom stereocenters. The first-order chi connectivity index (χ1) is 8.40. The van der Waals surface area contributed by atoms with Gasteiger partial charge < -0.3 is 10.3 Å². The Kier molecular flexibility index (Phi) is 4.15. The zero-order chi connectivity index (χ0) is 11.9. The smallest absolute Gasteiger partial charge is 0.227 e. The molecule has 0 aliphatic heterocycles. The van der Waals surface area contributed by atoms with E-state index in [0.29, 0.717) is 17.4 Å². The molecule has 0 bridgehead atoms. The Labute approximate surface area is 99.3 Å². The predicted octanol–water partition coefficient (Wildman–Crippen LogP) is 1.20. The van der Waals surface area contributed by atoms with Crippen molar-refractivity contribution in [1.29, 1.82) is 0 Å². The summed E-state index contributed by atoms with van der Waals surface area (Å²) >= 11 is 0. The quantitative estimate of drug-likeness (QED) is 0.754. The summed E-state index contributed by atoms with van der Waals surface area (Å²) in [7, 11) is 0. The number of nitrogens with zero attached hydrogens (tertiary/aromatic N) is 4. The molecular formula is C11H15N5O.